The molecule has 0 amide bonds. The Morgan fingerprint density at radius 2 is 1.11 bits per heavy atom. The second-order valence-corrected chi connectivity index (χ2v) is 18.3. The highest BCUT2D eigenvalue weighted by Crippen LogP contribution is 2.64. The normalized spacial score (nSPS) is 19.1. The minimum atomic E-state index is -0.397. The lowest BCUT2D eigenvalue weighted by Crippen LogP contribution is -2.28. The van der Waals surface area contributed by atoms with Crippen LogP contribution in [0.15, 0.2) is 163 Å². The van der Waals surface area contributed by atoms with Crippen LogP contribution in [0, 0.1) is 0 Å². The molecule has 0 saturated heterocycles. The van der Waals surface area contributed by atoms with E-state index >= 15 is 0 Å². The molecule has 5 aliphatic rings. The number of benzene rings is 6. The van der Waals surface area contributed by atoms with Crippen molar-refractivity contribution in [3.05, 3.63) is 208 Å². The van der Waals surface area contributed by atoms with E-state index in [-0.39, 0.29) is 10.8 Å². The summed E-state index contributed by atoms with van der Waals surface area (Å²) in [5.74, 6) is 0. The average molecular weight is 736 g/mol. The van der Waals surface area contributed by atoms with Gasteiger partial charge in [-0.05, 0) is 139 Å². The molecule has 0 aromatic heterocycles. The van der Waals surface area contributed by atoms with Gasteiger partial charge in [-0.3, -0.25) is 0 Å². The molecule has 1 spiro atoms. The van der Waals surface area contributed by atoms with Gasteiger partial charge in [0.2, 0.25) is 0 Å². The lowest BCUT2D eigenvalue weighted by Gasteiger charge is -2.35. The summed E-state index contributed by atoms with van der Waals surface area (Å²) < 4.78 is 0. The summed E-state index contributed by atoms with van der Waals surface area (Å²) >= 11 is 0. The van der Waals surface area contributed by atoms with Gasteiger partial charge in [-0.15, -0.1) is 0 Å². The lowest BCUT2D eigenvalue weighted by molar-refractivity contribution is 0.588. The Bertz CT molecular complexity index is 2810. The second kappa shape index (κ2) is 12.3. The third kappa shape index (κ3) is 4.81. The predicted molar refractivity (Wildman–Crippen MR) is 241 cm³/mol. The molecule has 6 aromatic rings. The van der Waals surface area contributed by atoms with Crippen molar-refractivity contribution in [1.29, 1.82) is 0 Å². The van der Waals surface area contributed by atoms with Crippen molar-refractivity contribution >= 4 is 28.2 Å². The number of hydrogen-bond acceptors (Lipinski definition) is 1. The molecule has 57 heavy (non-hydrogen) atoms. The van der Waals surface area contributed by atoms with Crippen molar-refractivity contribution < 1.29 is 0 Å². The molecule has 1 atom stereocenters. The molecule has 1 heteroatoms. The van der Waals surface area contributed by atoms with E-state index in [1.165, 1.54) is 101 Å². The van der Waals surface area contributed by atoms with Gasteiger partial charge < -0.3 is 4.90 Å². The molecule has 0 radical (unpaired) electrons. The SMILES string of the molecule is CC(C)(C)c1ccc2c(c1)C1(C3=C(CCC=C3)c3ccccc31)c1cc(N(c3ccc4c(c3)C(C)(C)c3ccccc3-4)c3ccccc3C3=CCCC=C3)ccc1-2. The van der Waals surface area contributed by atoms with Crippen LogP contribution in [0.4, 0.5) is 17.1 Å². The van der Waals surface area contributed by atoms with E-state index in [9.17, 15) is 0 Å². The molecule has 0 aliphatic heterocycles. The Labute approximate surface area is 338 Å². The van der Waals surface area contributed by atoms with Gasteiger partial charge in [0.15, 0.2) is 0 Å². The van der Waals surface area contributed by atoms with Crippen LogP contribution >= 0.6 is 0 Å². The van der Waals surface area contributed by atoms with E-state index in [1.807, 2.05) is 0 Å². The maximum atomic E-state index is 2.57. The van der Waals surface area contributed by atoms with Crippen molar-refractivity contribution in [2.75, 3.05) is 4.90 Å². The van der Waals surface area contributed by atoms with Crippen LogP contribution < -0.4 is 4.90 Å². The minimum absolute atomic E-state index is 0.0255. The predicted octanol–water partition coefficient (Wildman–Crippen LogP) is 14.9. The number of fused-ring (bicyclic) bond motifs is 12. The largest absolute Gasteiger partial charge is 0.310 e. The third-order valence-corrected chi connectivity index (χ3v) is 13.8. The van der Waals surface area contributed by atoms with E-state index in [1.54, 1.807) is 0 Å². The standard InChI is InChI=1S/C56H49N/c1-54(2,3)37-27-30-45-46-32-29-39(35-52(46)56(51(45)33-37)48-24-14-10-21-42(48)43-22-11-15-25-49(43)56)57(53-26-16-12-19-40(53)36-17-7-6-8-18-36)38-28-31-44-41-20-9-13-23-47(41)55(4,5)50(44)34-38/h7,9-10,12-21,23-35H,6,8,11,22H2,1-5H3. The third-order valence-electron chi connectivity index (χ3n) is 13.8. The molecular weight excluding hydrogens is 687 g/mol. The summed E-state index contributed by atoms with van der Waals surface area (Å²) in [4.78, 5) is 2.56. The highest BCUT2D eigenvalue weighted by molar-refractivity contribution is 5.98. The van der Waals surface area contributed by atoms with Crippen LogP contribution in [0.5, 0.6) is 0 Å². The molecule has 0 heterocycles. The van der Waals surface area contributed by atoms with Crippen LogP contribution in [0.3, 0.4) is 0 Å². The Kier molecular flexibility index (Phi) is 7.40. The van der Waals surface area contributed by atoms with Crippen LogP contribution in [0.2, 0.25) is 0 Å². The zero-order valence-corrected chi connectivity index (χ0v) is 33.8. The number of para-hydroxylation sites is 1. The first kappa shape index (κ1) is 34.3. The summed E-state index contributed by atoms with van der Waals surface area (Å²) in [6, 6.07) is 49.3. The van der Waals surface area contributed by atoms with Gasteiger partial charge in [-0.2, -0.15) is 0 Å². The highest BCUT2D eigenvalue weighted by atomic mass is 15.1. The molecule has 11 rings (SSSR count). The maximum Gasteiger partial charge on any atom is 0.0723 e. The van der Waals surface area contributed by atoms with Gasteiger partial charge in [-0.1, -0.05) is 162 Å². The van der Waals surface area contributed by atoms with Gasteiger partial charge in [0.1, 0.15) is 0 Å². The molecule has 0 N–H and O–H groups in total. The second-order valence-electron chi connectivity index (χ2n) is 18.3. The van der Waals surface area contributed by atoms with E-state index in [2.05, 4.69) is 197 Å². The van der Waals surface area contributed by atoms with Crippen molar-refractivity contribution in [1.82, 2.24) is 0 Å². The summed E-state index contributed by atoms with van der Waals surface area (Å²) in [6.45, 7) is 11.8. The molecular formula is C56H49N. The molecule has 6 aromatic carbocycles. The molecule has 5 aliphatic carbocycles. The number of allylic oxidation sites excluding steroid dienone is 8. The van der Waals surface area contributed by atoms with Gasteiger partial charge in [0, 0.05) is 22.4 Å². The monoisotopic (exact) mass is 735 g/mol. The highest BCUT2D eigenvalue weighted by Gasteiger charge is 2.53. The Hall–Kier alpha value is -5.92. The molecule has 0 fully saturated rings. The van der Waals surface area contributed by atoms with Crippen LogP contribution in [0.1, 0.15) is 105 Å². The maximum absolute atomic E-state index is 2.57. The summed E-state index contributed by atoms with van der Waals surface area (Å²) in [6.07, 6.45) is 16.3. The first-order valence-corrected chi connectivity index (χ1v) is 21.0. The van der Waals surface area contributed by atoms with Gasteiger partial charge in [0.05, 0.1) is 11.1 Å². The molecule has 278 valence electrons. The summed E-state index contributed by atoms with van der Waals surface area (Å²) in [5.41, 5.74) is 23.8. The Balaban J connectivity index is 1.19. The number of nitrogens with zero attached hydrogens (tertiary/aromatic N) is 1. The number of rotatable bonds is 4. The van der Waals surface area contributed by atoms with Gasteiger partial charge in [0.25, 0.3) is 0 Å². The van der Waals surface area contributed by atoms with Crippen LogP contribution in [0.25, 0.3) is 33.4 Å². The summed E-state index contributed by atoms with van der Waals surface area (Å²) in [7, 11) is 0. The first-order chi connectivity index (χ1) is 27.7. The van der Waals surface area contributed by atoms with Crippen molar-refractivity contribution in [2.24, 2.45) is 0 Å². The fourth-order valence-corrected chi connectivity index (χ4v) is 11.0. The Morgan fingerprint density at radius 1 is 0.509 bits per heavy atom. The van der Waals surface area contributed by atoms with Crippen LogP contribution in [-0.2, 0) is 16.2 Å². The fourth-order valence-electron chi connectivity index (χ4n) is 11.0. The van der Waals surface area contributed by atoms with Gasteiger partial charge >= 0.3 is 0 Å². The van der Waals surface area contributed by atoms with E-state index in [0.717, 1.165) is 25.7 Å². The van der Waals surface area contributed by atoms with Crippen molar-refractivity contribution in [3.8, 4) is 22.3 Å². The first-order valence-electron chi connectivity index (χ1n) is 21.0. The average Bonchev–Trinajstić information content (AvgIpc) is 3.79. The lowest BCUT2D eigenvalue weighted by atomic mass is 9.68. The van der Waals surface area contributed by atoms with Crippen molar-refractivity contribution in [2.45, 2.75) is 76.5 Å². The number of anilines is 3. The minimum Gasteiger partial charge on any atom is -0.310 e. The smallest absolute Gasteiger partial charge is 0.0723 e. The zero-order valence-electron chi connectivity index (χ0n) is 33.8. The van der Waals surface area contributed by atoms with Crippen LogP contribution in [-0.4, -0.2) is 0 Å². The number of hydrogen-bond donors (Lipinski definition) is 0. The zero-order chi connectivity index (χ0) is 38.7. The van der Waals surface area contributed by atoms with E-state index in [0.29, 0.717) is 0 Å². The summed E-state index contributed by atoms with van der Waals surface area (Å²) in [5, 5.41) is 0. The topological polar surface area (TPSA) is 3.24 Å². The van der Waals surface area contributed by atoms with Crippen molar-refractivity contribution in [3.63, 3.8) is 0 Å². The molecule has 0 saturated carbocycles. The molecule has 1 unspecified atom stereocenters. The molecule has 0 bridgehead atoms. The fraction of sp³-hybridized carbons (Fsp3) is 0.214. The molecule has 1 nitrogen and oxygen atoms in total. The quantitative estimate of drug-likeness (QED) is 0.174. The van der Waals surface area contributed by atoms with E-state index < -0.39 is 5.41 Å². The van der Waals surface area contributed by atoms with E-state index in [4.69, 9.17) is 0 Å². The Morgan fingerprint density at radius 3 is 1.84 bits per heavy atom. The van der Waals surface area contributed by atoms with Gasteiger partial charge in [-0.25, -0.2) is 0 Å².